The van der Waals surface area contributed by atoms with Crippen molar-refractivity contribution in [1.82, 2.24) is 9.38 Å². The Kier molecular flexibility index (Phi) is 4.61. The number of imidazole rings is 1. The van der Waals surface area contributed by atoms with Crippen LogP contribution in [0.5, 0.6) is 0 Å². The molecule has 7 heteroatoms. The molecule has 0 radical (unpaired) electrons. The standard InChI is InChI=1S/C17H17N3O3S/c1-3-23-17(22)13-8-11(2)24-16(13)19-15(21)9-12-10-20-7-5-4-6-14(20)18-12/h4-8,10H,3,9H2,1-2H3,(H,19,21). The van der Waals surface area contributed by atoms with Crippen LogP contribution in [0.4, 0.5) is 5.00 Å². The number of aromatic nitrogens is 2. The van der Waals surface area contributed by atoms with Crippen LogP contribution in [0, 0.1) is 6.92 Å². The summed E-state index contributed by atoms with van der Waals surface area (Å²) in [5.74, 6) is -0.643. The van der Waals surface area contributed by atoms with Crippen LogP contribution in [0.25, 0.3) is 5.65 Å². The Morgan fingerprint density at radius 2 is 2.21 bits per heavy atom. The number of rotatable bonds is 5. The van der Waals surface area contributed by atoms with Gasteiger partial charge in [-0.15, -0.1) is 11.3 Å². The predicted molar refractivity (Wildman–Crippen MR) is 92.5 cm³/mol. The van der Waals surface area contributed by atoms with Gasteiger partial charge in [-0.1, -0.05) is 6.07 Å². The molecule has 6 nitrogen and oxygen atoms in total. The number of nitrogens with zero attached hydrogens (tertiary/aromatic N) is 2. The molecule has 0 unspecified atom stereocenters. The van der Waals surface area contributed by atoms with Gasteiger partial charge in [-0.3, -0.25) is 4.79 Å². The summed E-state index contributed by atoms with van der Waals surface area (Å²) in [5, 5.41) is 3.31. The van der Waals surface area contributed by atoms with Crippen LogP contribution in [0.2, 0.25) is 0 Å². The van der Waals surface area contributed by atoms with Crippen LogP contribution in [-0.2, 0) is 16.0 Å². The van der Waals surface area contributed by atoms with Crippen LogP contribution >= 0.6 is 11.3 Å². The summed E-state index contributed by atoms with van der Waals surface area (Å²) in [6, 6.07) is 7.40. The Hall–Kier alpha value is -2.67. The first-order chi connectivity index (χ1) is 11.6. The van der Waals surface area contributed by atoms with Gasteiger partial charge >= 0.3 is 5.97 Å². The van der Waals surface area contributed by atoms with Crippen molar-refractivity contribution in [2.24, 2.45) is 0 Å². The highest BCUT2D eigenvalue weighted by molar-refractivity contribution is 7.16. The van der Waals surface area contributed by atoms with E-state index in [9.17, 15) is 9.59 Å². The molecule has 0 aliphatic heterocycles. The van der Waals surface area contributed by atoms with Gasteiger partial charge in [-0.2, -0.15) is 0 Å². The molecule has 0 aromatic carbocycles. The zero-order chi connectivity index (χ0) is 17.1. The molecule has 3 aromatic heterocycles. The van der Waals surface area contributed by atoms with E-state index < -0.39 is 5.97 Å². The lowest BCUT2D eigenvalue weighted by molar-refractivity contribution is -0.115. The highest BCUT2D eigenvalue weighted by atomic mass is 32.1. The third kappa shape index (κ3) is 3.46. The Labute approximate surface area is 143 Å². The van der Waals surface area contributed by atoms with E-state index >= 15 is 0 Å². The lowest BCUT2D eigenvalue weighted by atomic mass is 10.2. The molecule has 3 rings (SSSR count). The normalized spacial score (nSPS) is 10.8. The van der Waals surface area contributed by atoms with Gasteiger partial charge in [-0.25, -0.2) is 9.78 Å². The molecular formula is C17H17N3O3S. The van der Waals surface area contributed by atoms with E-state index in [1.165, 1.54) is 11.3 Å². The van der Waals surface area contributed by atoms with Crippen molar-refractivity contribution in [3.8, 4) is 0 Å². The van der Waals surface area contributed by atoms with Crippen LogP contribution < -0.4 is 5.32 Å². The highest BCUT2D eigenvalue weighted by Gasteiger charge is 2.18. The van der Waals surface area contributed by atoms with Gasteiger partial charge in [0.25, 0.3) is 0 Å². The van der Waals surface area contributed by atoms with E-state index in [4.69, 9.17) is 4.74 Å². The number of anilines is 1. The molecule has 3 aromatic rings. The first kappa shape index (κ1) is 16.2. The number of carbonyl (C=O) groups excluding carboxylic acids is 2. The van der Waals surface area contributed by atoms with Crippen molar-refractivity contribution in [2.75, 3.05) is 11.9 Å². The van der Waals surface area contributed by atoms with Gasteiger partial charge in [0.2, 0.25) is 5.91 Å². The minimum absolute atomic E-state index is 0.140. The summed E-state index contributed by atoms with van der Waals surface area (Å²) in [5.41, 5.74) is 1.85. The third-order valence-corrected chi connectivity index (χ3v) is 4.33. The van der Waals surface area contributed by atoms with Crippen LogP contribution in [0.3, 0.4) is 0 Å². The van der Waals surface area contributed by atoms with E-state index in [2.05, 4.69) is 10.3 Å². The number of ether oxygens (including phenoxy) is 1. The molecule has 0 bridgehead atoms. The predicted octanol–water partition coefficient (Wildman–Crippen LogP) is 3.06. The molecule has 24 heavy (non-hydrogen) atoms. The number of nitrogens with one attached hydrogen (secondary N) is 1. The minimum atomic E-state index is -0.426. The van der Waals surface area contributed by atoms with E-state index in [0.717, 1.165) is 10.5 Å². The largest absolute Gasteiger partial charge is 0.462 e. The first-order valence-corrected chi connectivity index (χ1v) is 8.38. The van der Waals surface area contributed by atoms with Gasteiger partial charge in [0.1, 0.15) is 10.6 Å². The van der Waals surface area contributed by atoms with Gasteiger partial charge in [0.05, 0.1) is 24.3 Å². The summed E-state index contributed by atoms with van der Waals surface area (Å²) in [6.45, 7) is 3.92. The maximum atomic E-state index is 12.3. The molecule has 0 saturated heterocycles. The lowest BCUT2D eigenvalue weighted by Crippen LogP contribution is -2.16. The molecule has 0 aliphatic carbocycles. The number of fused-ring (bicyclic) bond motifs is 1. The highest BCUT2D eigenvalue weighted by Crippen LogP contribution is 2.28. The average molecular weight is 343 g/mol. The van der Waals surface area contributed by atoms with Gasteiger partial charge in [-0.05, 0) is 32.0 Å². The molecule has 0 aliphatic rings. The van der Waals surface area contributed by atoms with Gasteiger partial charge in [0.15, 0.2) is 0 Å². The van der Waals surface area contributed by atoms with E-state index in [0.29, 0.717) is 22.9 Å². The Morgan fingerprint density at radius 3 is 2.96 bits per heavy atom. The second kappa shape index (κ2) is 6.84. The summed E-state index contributed by atoms with van der Waals surface area (Å²) in [7, 11) is 0. The number of amides is 1. The number of pyridine rings is 1. The fourth-order valence-corrected chi connectivity index (χ4v) is 3.29. The van der Waals surface area contributed by atoms with E-state index in [-0.39, 0.29) is 12.3 Å². The van der Waals surface area contributed by atoms with Crippen molar-refractivity contribution in [2.45, 2.75) is 20.3 Å². The van der Waals surface area contributed by atoms with Gasteiger partial charge < -0.3 is 14.5 Å². The molecule has 0 saturated carbocycles. The summed E-state index contributed by atoms with van der Waals surface area (Å²) >= 11 is 1.35. The van der Waals surface area contributed by atoms with Crippen molar-refractivity contribution in [3.63, 3.8) is 0 Å². The molecule has 1 N–H and O–H groups in total. The molecule has 0 spiro atoms. The number of carbonyl (C=O) groups is 2. The number of esters is 1. The lowest BCUT2D eigenvalue weighted by Gasteiger charge is -2.05. The Balaban J connectivity index is 1.74. The summed E-state index contributed by atoms with van der Waals surface area (Å²) in [6.07, 6.45) is 3.84. The van der Waals surface area contributed by atoms with Crippen molar-refractivity contribution >= 4 is 33.9 Å². The number of thiophene rings is 1. The Bertz CT molecular complexity index is 865. The average Bonchev–Trinajstić information content (AvgIpc) is 3.10. The van der Waals surface area contributed by atoms with Crippen LogP contribution in [-0.4, -0.2) is 27.9 Å². The van der Waals surface area contributed by atoms with Crippen LogP contribution in [0.15, 0.2) is 36.7 Å². The molecule has 0 atom stereocenters. The van der Waals surface area contributed by atoms with Crippen molar-refractivity contribution < 1.29 is 14.3 Å². The smallest absolute Gasteiger partial charge is 0.341 e. The zero-order valence-electron chi connectivity index (χ0n) is 13.4. The monoisotopic (exact) mass is 343 g/mol. The van der Waals surface area contributed by atoms with Crippen molar-refractivity contribution in [1.29, 1.82) is 0 Å². The maximum Gasteiger partial charge on any atom is 0.341 e. The topological polar surface area (TPSA) is 72.7 Å². The number of aryl methyl sites for hydroxylation is 1. The summed E-state index contributed by atoms with van der Waals surface area (Å²) < 4.78 is 6.89. The molecular weight excluding hydrogens is 326 g/mol. The number of hydrogen-bond acceptors (Lipinski definition) is 5. The summed E-state index contributed by atoms with van der Waals surface area (Å²) in [4.78, 5) is 29.6. The quantitative estimate of drug-likeness (QED) is 0.723. The second-order valence-electron chi connectivity index (χ2n) is 5.24. The third-order valence-electron chi connectivity index (χ3n) is 3.36. The first-order valence-electron chi connectivity index (χ1n) is 7.57. The fraction of sp³-hybridized carbons (Fsp3) is 0.235. The SMILES string of the molecule is CCOC(=O)c1cc(C)sc1NC(=O)Cc1cn2ccccc2n1. The maximum absolute atomic E-state index is 12.3. The zero-order valence-corrected chi connectivity index (χ0v) is 14.2. The number of hydrogen-bond donors (Lipinski definition) is 1. The van der Waals surface area contributed by atoms with Crippen LogP contribution in [0.1, 0.15) is 27.9 Å². The van der Waals surface area contributed by atoms with Gasteiger partial charge in [0, 0.05) is 17.3 Å². The Morgan fingerprint density at radius 1 is 1.38 bits per heavy atom. The van der Waals surface area contributed by atoms with E-state index in [1.807, 2.05) is 41.9 Å². The molecule has 1 amide bonds. The van der Waals surface area contributed by atoms with Crippen molar-refractivity contribution in [3.05, 3.63) is 52.8 Å². The minimum Gasteiger partial charge on any atom is -0.462 e. The van der Waals surface area contributed by atoms with E-state index in [1.54, 1.807) is 13.0 Å². The molecule has 0 fully saturated rings. The second-order valence-corrected chi connectivity index (χ2v) is 6.50. The molecule has 3 heterocycles. The molecule has 124 valence electrons. The fourth-order valence-electron chi connectivity index (χ4n) is 2.38.